The van der Waals surface area contributed by atoms with Crippen molar-refractivity contribution in [2.24, 2.45) is 0 Å². The molecule has 2 aliphatic rings. The first-order chi connectivity index (χ1) is 13.5. The summed E-state index contributed by atoms with van der Waals surface area (Å²) >= 11 is 0. The summed E-state index contributed by atoms with van der Waals surface area (Å²) in [7, 11) is 2.02. The maximum Gasteiger partial charge on any atom is 0.252 e. The molecule has 0 saturated carbocycles. The van der Waals surface area contributed by atoms with Crippen molar-refractivity contribution < 1.29 is 14.3 Å². The molecule has 2 saturated heterocycles. The number of rotatable bonds is 4. The van der Waals surface area contributed by atoms with E-state index in [0.29, 0.717) is 30.8 Å². The Morgan fingerprint density at radius 2 is 2.14 bits per heavy atom. The number of aromatic nitrogens is 3. The first-order valence-corrected chi connectivity index (χ1v) is 9.73. The Morgan fingerprint density at radius 1 is 1.29 bits per heavy atom. The van der Waals surface area contributed by atoms with E-state index >= 15 is 0 Å². The van der Waals surface area contributed by atoms with Crippen molar-refractivity contribution >= 4 is 17.5 Å². The molecule has 0 aliphatic carbocycles. The largest absolute Gasteiger partial charge is 0.376 e. The van der Waals surface area contributed by atoms with E-state index in [-0.39, 0.29) is 24.0 Å². The van der Waals surface area contributed by atoms with Gasteiger partial charge in [-0.05, 0) is 32.0 Å². The fourth-order valence-electron chi connectivity index (χ4n) is 3.82. The quantitative estimate of drug-likeness (QED) is 0.821. The highest BCUT2D eigenvalue weighted by atomic mass is 16.5. The number of hydrogen-bond acceptors (Lipinski definition) is 6. The van der Waals surface area contributed by atoms with Gasteiger partial charge < -0.3 is 15.0 Å². The van der Waals surface area contributed by atoms with E-state index in [9.17, 15) is 9.59 Å². The maximum absolute atomic E-state index is 12.6. The molecule has 150 valence electrons. The van der Waals surface area contributed by atoms with Gasteiger partial charge in [0, 0.05) is 45.9 Å². The zero-order valence-electron chi connectivity index (χ0n) is 16.3. The lowest BCUT2D eigenvalue weighted by Crippen LogP contribution is -2.48. The van der Waals surface area contributed by atoms with Gasteiger partial charge >= 0.3 is 0 Å². The molecule has 4 heterocycles. The lowest BCUT2D eigenvalue weighted by molar-refractivity contribution is -0.131. The third kappa shape index (κ3) is 3.72. The standard InChI is InChI=1S/C19H26N6O3/c1-13(26)24-8-7-23(2)16(12-24)18-22-21-17-6-5-14(11-25(17)18)19(27)20-10-15-4-3-9-28-15/h5-6,11,15-16H,3-4,7-10,12H2,1-2H3,(H,20,27). The minimum atomic E-state index is -0.139. The topological polar surface area (TPSA) is 92.1 Å². The number of nitrogens with one attached hydrogen (secondary N) is 1. The molecule has 0 spiro atoms. The second-order valence-electron chi connectivity index (χ2n) is 7.51. The molecule has 1 N–H and O–H groups in total. The van der Waals surface area contributed by atoms with Gasteiger partial charge in [0.25, 0.3) is 5.91 Å². The van der Waals surface area contributed by atoms with Crippen LogP contribution < -0.4 is 5.32 Å². The van der Waals surface area contributed by atoms with Crippen LogP contribution in [0.4, 0.5) is 0 Å². The number of pyridine rings is 1. The van der Waals surface area contributed by atoms with Crippen molar-refractivity contribution in [2.45, 2.75) is 31.9 Å². The molecule has 2 unspecified atom stereocenters. The molecule has 28 heavy (non-hydrogen) atoms. The molecular weight excluding hydrogens is 360 g/mol. The van der Waals surface area contributed by atoms with E-state index in [4.69, 9.17) is 4.74 Å². The average Bonchev–Trinajstić information content (AvgIpc) is 3.35. The number of amides is 2. The molecule has 4 rings (SSSR count). The van der Waals surface area contributed by atoms with Crippen LogP contribution in [0.1, 0.15) is 42.0 Å². The van der Waals surface area contributed by atoms with Crippen LogP contribution in [0.15, 0.2) is 18.3 Å². The first-order valence-electron chi connectivity index (χ1n) is 9.73. The van der Waals surface area contributed by atoms with Gasteiger partial charge in [-0.1, -0.05) is 0 Å². The molecule has 9 heteroatoms. The Bertz CT molecular complexity index is 876. The average molecular weight is 386 g/mol. The van der Waals surface area contributed by atoms with Gasteiger partial charge in [0.2, 0.25) is 5.91 Å². The zero-order chi connectivity index (χ0) is 19.7. The van der Waals surface area contributed by atoms with Crippen LogP contribution in [-0.2, 0) is 9.53 Å². The molecule has 2 fully saturated rings. The molecule has 2 amide bonds. The predicted octanol–water partition coefficient (Wildman–Crippen LogP) is 0.473. The second kappa shape index (κ2) is 7.84. The van der Waals surface area contributed by atoms with E-state index < -0.39 is 0 Å². The van der Waals surface area contributed by atoms with E-state index in [2.05, 4.69) is 20.4 Å². The summed E-state index contributed by atoms with van der Waals surface area (Å²) in [6.07, 6.45) is 3.90. The highest BCUT2D eigenvalue weighted by Gasteiger charge is 2.30. The van der Waals surface area contributed by atoms with Crippen LogP contribution >= 0.6 is 0 Å². The number of hydrogen-bond donors (Lipinski definition) is 1. The highest BCUT2D eigenvalue weighted by Crippen LogP contribution is 2.23. The molecule has 9 nitrogen and oxygen atoms in total. The number of nitrogens with zero attached hydrogens (tertiary/aromatic N) is 5. The predicted molar refractivity (Wildman–Crippen MR) is 102 cm³/mol. The van der Waals surface area contributed by atoms with Crippen molar-refractivity contribution in [3.63, 3.8) is 0 Å². The van der Waals surface area contributed by atoms with Gasteiger partial charge in [-0.3, -0.25) is 18.9 Å². The normalized spacial score (nSPS) is 23.3. The van der Waals surface area contributed by atoms with Crippen molar-refractivity contribution in [1.29, 1.82) is 0 Å². The molecule has 2 aromatic heterocycles. The molecule has 0 aromatic carbocycles. The van der Waals surface area contributed by atoms with Crippen LogP contribution in [0.25, 0.3) is 5.65 Å². The van der Waals surface area contributed by atoms with E-state index in [1.807, 2.05) is 16.3 Å². The molecular formula is C19H26N6O3. The molecule has 2 atom stereocenters. The Balaban J connectivity index is 1.55. The summed E-state index contributed by atoms with van der Waals surface area (Å²) in [5.74, 6) is 0.651. The summed E-state index contributed by atoms with van der Waals surface area (Å²) in [5, 5.41) is 11.5. The summed E-state index contributed by atoms with van der Waals surface area (Å²) in [5.41, 5.74) is 1.23. The fraction of sp³-hybridized carbons (Fsp3) is 0.579. The monoisotopic (exact) mass is 386 g/mol. The lowest BCUT2D eigenvalue weighted by atomic mass is 10.1. The minimum absolute atomic E-state index is 0.0566. The lowest BCUT2D eigenvalue weighted by Gasteiger charge is -2.38. The van der Waals surface area contributed by atoms with Crippen molar-refractivity contribution in [3.05, 3.63) is 29.7 Å². The molecule has 2 aromatic rings. The van der Waals surface area contributed by atoms with Gasteiger partial charge in [0.15, 0.2) is 11.5 Å². The number of carbonyl (C=O) groups excluding carboxylic acids is 2. The Hall–Kier alpha value is -2.52. The highest BCUT2D eigenvalue weighted by molar-refractivity contribution is 5.94. The number of likely N-dealkylation sites (N-methyl/N-ethyl adjacent to an activating group) is 1. The van der Waals surface area contributed by atoms with Crippen LogP contribution in [0.3, 0.4) is 0 Å². The molecule has 0 radical (unpaired) electrons. The summed E-state index contributed by atoms with van der Waals surface area (Å²) < 4.78 is 7.41. The van der Waals surface area contributed by atoms with E-state index in [0.717, 1.165) is 31.8 Å². The van der Waals surface area contributed by atoms with Gasteiger partial charge in [-0.2, -0.15) is 0 Å². The number of fused-ring (bicyclic) bond motifs is 1. The minimum Gasteiger partial charge on any atom is -0.376 e. The number of carbonyl (C=O) groups is 2. The van der Waals surface area contributed by atoms with Gasteiger partial charge in [-0.25, -0.2) is 0 Å². The fourth-order valence-corrected chi connectivity index (χ4v) is 3.82. The van der Waals surface area contributed by atoms with Crippen molar-refractivity contribution in [2.75, 3.05) is 39.8 Å². The Kier molecular flexibility index (Phi) is 5.27. The maximum atomic E-state index is 12.6. The van der Waals surface area contributed by atoms with Crippen molar-refractivity contribution in [1.82, 2.24) is 29.7 Å². The van der Waals surface area contributed by atoms with E-state index in [1.165, 1.54) is 0 Å². The third-order valence-corrected chi connectivity index (χ3v) is 5.60. The Labute approximate surface area is 163 Å². The summed E-state index contributed by atoms with van der Waals surface area (Å²) in [6, 6.07) is 3.48. The smallest absolute Gasteiger partial charge is 0.252 e. The van der Waals surface area contributed by atoms with E-state index in [1.54, 1.807) is 25.3 Å². The second-order valence-corrected chi connectivity index (χ2v) is 7.51. The van der Waals surface area contributed by atoms with Gasteiger partial charge in [0.1, 0.15) is 0 Å². The summed E-state index contributed by atoms with van der Waals surface area (Å²) in [6.45, 7) is 4.90. The number of ether oxygens (including phenoxy) is 1. The van der Waals surface area contributed by atoms with Gasteiger partial charge in [-0.15, -0.1) is 10.2 Å². The third-order valence-electron chi connectivity index (χ3n) is 5.60. The summed E-state index contributed by atoms with van der Waals surface area (Å²) in [4.78, 5) is 28.4. The van der Waals surface area contributed by atoms with Crippen molar-refractivity contribution in [3.8, 4) is 0 Å². The van der Waals surface area contributed by atoms with Crippen LogP contribution in [0.2, 0.25) is 0 Å². The first kappa shape index (κ1) is 18.8. The SMILES string of the molecule is CC(=O)N1CCN(C)C(c2nnc3ccc(C(=O)NCC4CCCO4)cn23)C1. The van der Waals surface area contributed by atoms with Crippen LogP contribution in [-0.4, -0.2) is 82.1 Å². The molecule has 2 aliphatic heterocycles. The Morgan fingerprint density at radius 3 is 2.89 bits per heavy atom. The number of piperazine rings is 1. The van der Waals surface area contributed by atoms with Gasteiger partial charge in [0.05, 0.1) is 17.7 Å². The zero-order valence-corrected chi connectivity index (χ0v) is 16.3. The molecule has 0 bridgehead atoms. The van der Waals surface area contributed by atoms with Crippen LogP contribution in [0.5, 0.6) is 0 Å². The van der Waals surface area contributed by atoms with Crippen LogP contribution in [0, 0.1) is 0 Å².